The Morgan fingerprint density at radius 3 is 2.14 bits per heavy atom. The van der Waals surface area contributed by atoms with Gasteiger partial charge < -0.3 is 15.2 Å². The van der Waals surface area contributed by atoms with E-state index in [2.05, 4.69) is 0 Å². The van der Waals surface area contributed by atoms with E-state index in [0.717, 1.165) is 0 Å². The Bertz CT molecular complexity index is 348. The summed E-state index contributed by atoms with van der Waals surface area (Å²) < 4.78 is 10.2. The van der Waals surface area contributed by atoms with Crippen molar-refractivity contribution >= 4 is 29.5 Å². The highest BCUT2D eigenvalue weighted by atomic mass is 32.2. The second kappa shape index (κ2) is 11.6. The number of hydrogen-bond donors (Lipinski definition) is 1. The Labute approximate surface area is 130 Å². The second-order valence-corrected chi connectivity index (χ2v) is 5.54. The van der Waals surface area contributed by atoms with Gasteiger partial charge >= 0.3 is 11.9 Å². The van der Waals surface area contributed by atoms with Crippen LogP contribution in [0.5, 0.6) is 0 Å². The van der Waals surface area contributed by atoms with Crippen molar-refractivity contribution in [2.75, 3.05) is 18.1 Å². The summed E-state index contributed by atoms with van der Waals surface area (Å²) in [5, 5.41) is 0. The summed E-state index contributed by atoms with van der Waals surface area (Å²) in [5.74, 6) is 0.210. The molecule has 2 atom stereocenters. The van der Waals surface area contributed by atoms with E-state index in [1.807, 2.05) is 0 Å². The van der Waals surface area contributed by atoms with Gasteiger partial charge in [0, 0.05) is 30.8 Å². The normalized spacial score (nSPS) is 13.3. The third kappa shape index (κ3) is 9.47. The van der Waals surface area contributed by atoms with Crippen molar-refractivity contribution in [2.45, 2.75) is 52.2 Å². The second-order valence-electron chi connectivity index (χ2n) is 4.47. The Morgan fingerprint density at radius 2 is 1.62 bits per heavy atom. The maximum Gasteiger partial charge on any atom is 0.305 e. The SMILES string of the molecule is CCC(=O)OCC(CSC[C@H](N)C(=O)CC)OC(=O)CC. The molecule has 2 N–H and O–H groups in total. The van der Waals surface area contributed by atoms with Crippen LogP contribution < -0.4 is 5.73 Å². The highest BCUT2D eigenvalue weighted by molar-refractivity contribution is 7.99. The fourth-order valence-electron chi connectivity index (χ4n) is 1.35. The third-order valence-corrected chi connectivity index (χ3v) is 3.87. The lowest BCUT2D eigenvalue weighted by Crippen LogP contribution is -2.33. The first-order chi connectivity index (χ1) is 9.94. The minimum absolute atomic E-state index is 0.00186. The Morgan fingerprint density at radius 1 is 1.00 bits per heavy atom. The molecule has 0 aliphatic heterocycles. The molecule has 0 rings (SSSR count). The van der Waals surface area contributed by atoms with Gasteiger partial charge in [0.1, 0.15) is 18.5 Å². The molecule has 0 aromatic carbocycles. The number of carbonyl (C=O) groups is 3. The molecule has 6 nitrogen and oxygen atoms in total. The van der Waals surface area contributed by atoms with Crippen LogP contribution in [0, 0.1) is 0 Å². The molecule has 1 unspecified atom stereocenters. The predicted molar refractivity (Wildman–Crippen MR) is 82.0 cm³/mol. The van der Waals surface area contributed by atoms with Crippen molar-refractivity contribution in [3.63, 3.8) is 0 Å². The molecule has 21 heavy (non-hydrogen) atoms. The molecule has 0 aromatic heterocycles. The lowest BCUT2D eigenvalue weighted by molar-refractivity contribution is -0.157. The van der Waals surface area contributed by atoms with Crippen molar-refractivity contribution in [1.82, 2.24) is 0 Å². The molecule has 7 heteroatoms. The first-order valence-corrected chi connectivity index (χ1v) is 8.31. The summed E-state index contributed by atoms with van der Waals surface area (Å²) >= 11 is 1.41. The molecular weight excluding hydrogens is 294 g/mol. The van der Waals surface area contributed by atoms with Crippen LogP contribution in [0.4, 0.5) is 0 Å². The number of ether oxygens (including phenoxy) is 2. The minimum Gasteiger partial charge on any atom is -0.462 e. The Kier molecular flexibility index (Phi) is 11.0. The van der Waals surface area contributed by atoms with E-state index >= 15 is 0 Å². The van der Waals surface area contributed by atoms with Crippen LogP contribution in [0.25, 0.3) is 0 Å². The number of hydrogen-bond acceptors (Lipinski definition) is 7. The lowest BCUT2D eigenvalue weighted by Gasteiger charge is -2.18. The number of rotatable bonds is 11. The van der Waals surface area contributed by atoms with Gasteiger partial charge in [-0.2, -0.15) is 11.8 Å². The summed E-state index contributed by atoms with van der Waals surface area (Å²) in [5.41, 5.74) is 5.72. The van der Waals surface area contributed by atoms with Gasteiger partial charge in [0.05, 0.1) is 6.04 Å². The zero-order chi connectivity index (χ0) is 16.3. The van der Waals surface area contributed by atoms with Crippen molar-refractivity contribution in [3.05, 3.63) is 0 Å². The van der Waals surface area contributed by atoms with Crippen LogP contribution >= 0.6 is 11.8 Å². The van der Waals surface area contributed by atoms with Crippen LogP contribution in [0.2, 0.25) is 0 Å². The quantitative estimate of drug-likeness (QED) is 0.573. The summed E-state index contributed by atoms with van der Waals surface area (Å²) in [6.45, 7) is 5.19. The first kappa shape index (κ1) is 19.9. The number of carbonyl (C=O) groups excluding carboxylic acids is 3. The zero-order valence-electron chi connectivity index (χ0n) is 12.9. The standard InChI is InChI=1S/C14H25NO5S/c1-4-12(16)11(15)9-21-8-10(20-14(18)6-3)7-19-13(17)5-2/h10-11H,4-9,15H2,1-3H3/t10?,11-/m0/s1. The molecule has 0 aromatic rings. The first-order valence-electron chi connectivity index (χ1n) is 7.15. The summed E-state index contributed by atoms with van der Waals surface area (Å²) in [4.78, 5) is 33.9. The van der Waals surface area contributed by atoms with E-state index in [1.54, 1.807) is 20.8 Å². The average molecular weight is 319 g/mol. The van der Waals surface area contributed by atoms with Gasteiger partial charge in [-0.1, -0.05) is 20.8 Å². The molecule has 0 fully saturated rings. The molecule has 0 heterocycles. The molecule has 0 saturated heterocycles. The molecule has 0 amide bonds. The molecule has 0 bridgehead atoms. The Balaban J connectivity index is 4.23. The zero-order valence-corrected chi connectivity index (χ0v) is 13.7. The maximum absolute atomic E-state index is 11.4. The molecule has 0 aliphatic rings. The van der Waals surface area contributed by atoms with Gasteiger partial charge in [-0.25, -0.2) is 0 Å². The Hall–Kier alpha value is -1.08. The molecule has 0 aliphatic carbocycles. The number of esters is 2. The van der Waals surface area contributed by atoms with E-state index in [-0.39, 0.29) is 37.2 Å². The topological polar surface area (TPSA) is 95.7 Å². The van der Waals surface area contributed by atoms with Crippen LogP contribution in [0.1, 0.15) is 40.0 Å². The van der Waals surface area contributed by atoms with Crippen molar-refractivity contribution in [3.8, 4) is 0 Å². The van der Waals surface area contributed by atoms with Crippen LogP contribution in [-0.2, 0) is 23.9 Å². The molecule has 122 valence electrons. The monoisotopic (exact) mass is 319 g/mol. The van der Waals surface area contributed by atoms with Crippen molar-refractivity contribution < 1.29 is 23.9 Å². The number of thioether (sulfide) groups is 1. The highest BCUT2D eigenvalue weighted by Crippen LogP contribution is 2.10. The van der Waals surface area contributed by atoms with E-state index in [1.165, 1.54) is 11.8 Å². The van der Waals surface area contributed by atoms with Crippen molar-refractivity contribution in [2.24, 2.45) is 5.73 Å². The van der Waals surface area contributed by atoms with Gasteiger partial charge in [-0.3, -0.25) is 14.4 Å². The van der Waals surface area contributed by atoms with Gasteiger partial charge in [0.15, 0.2) is 0 Å². The summed E-state index contributed by atoms with van der Waals surface area (Å²) in [6.07, 6.45) is 0.431. The predicted octanol–water partition coefficient (Wildman–Crippen LogP) is 1.30. The van der Waals surface area contributed by atoms with Crippen LogP contribution in [0.3, 0.4) is 0 Å². The molecular formula is C14H25NO5S. The van der Waals surface area contributed by atoms with Crippen molar-refractivity contribution in [1.29, 1.82) is 0 Å². The highest BCUT2D eigenvalue weighted by Gasteiger charge is 2.18. The smallest absolute Gasteiger partial charge is 0.305 e. The minimum atomic E-state index is -0.513. The summed E-state index contributed by atoms with van der Waals surface area (Å²) in [6, 6.07) is -0.513. The lowest BCUT2D eigenvalue weighted by atomic mass is 10.2. The van der Waals surface area contributed by atoms with Gasteiger partial charge in [0.2, 0.25) is 0 Å². The molecule has 0 saturated carbocycles. The van der Waals surface area contributed by atoms with Gasteiger partial charge in [-0.05, 0) is 0 Å². The number of Topliss-reactive ketones (excluding diaryl/α,β-unsaturated/α-hetero) is 1. The number of nitrogens with two attached hydrogens (primary N) is 1. The summed E-state index contributed by atoms with van der Waals surface area (Å²) in [7, 11) is 0. The van der Waals surface area contributed by atoms with Gasteiger partial charge in [-0.15, -0.1) is 0 Å². The molecule has 0 radical (unpaired) electrons. The van der Waals surface area contributed by atoms with Crippen LogP contribution in [0.15, 0.2) is 0 Å². The largest absolute Gasteiger partial charge is 0.462 e. The van der Waals surface area contributed by atoms with E-state index < -0.39 is 12.1 Å². The number of ketones is 1. The van der Waals surface area contributed by atoms with E-state index in [0.29, 0.717) is 17.9 Å². The van der Waals surface area contributed by atoms with Crippen LogP contribution in [-0.4, -0.2) is 48.0 Å². The van der Waals surface area contributed by atoms with E-state index in [4.69, 9.17) is 15.2 Å². The fraction of sp³-hybridized carbons (Fsp3) is 0.786. The van der Waals surface area contributed by atoms with E-state index in [9.17, 15) is 14.4 Å². The van der Waals surface area contributed by atoms with Gasteiger partial charge in [0.25, 0.3) is 0 Å². The third-order valence-electron chi connectivity index (χ3n) is 2.67. The average Bonchev–Trinajstić information content (AvgIpc) is 2.50. The molecule has 0 spiro atoms. The fourth-order valence-corrected chi connectivity index (χ4v) is 2.36. The maximum atomic E-state index is 11.4.